The molecule has 0 bridgehead atoms. The molecule has 1 unspecified atom stereocenters. The van der Waals surface area contributed by atoms with Crippen LogP contribution in [0.4, 0.5) is 10.1 Å². The smallest absolute Gasteiger partial charge is 0.182 e. The third-order valence-corrected chi connectivity index (χ3v) is 3.72. The minimum Gasteiger partial charge on any atom is -0.396 e. The lowest BCUT2D eigenvalue weighted by molar-refractivity contribution is 0.00828. The number of rotatable bonds is 4. The van der Waals surface area contributed by atoms with E-state index >= 15 is 0 Å². The van der Waals surface area contributed by atoms with Gasteiger partial charge in [0.05, 0.1) is 11.8 Å². The summed E-state index contributed by atoms with van der Waals surface area (Å²) in [6, 6.07) is 4.51. The molecule has 1 atom stereocenters. The predicted molar refractivity (Wildman–Crippen MR) is 75.8 cm³/mol. The maximum Gasteiger partial charge on any atom is 0.182 e. The van der Waals surface area contributed by atoms with E-state index in [2.05, 4.69) is 15.5 Å². The Morgan fingerprint density at radius 1 is 1.38 bits per heavy atom. The highest BCUT2D eigenvalue weighted by Crippen LogP contribution is 2.22. The van der Waals surface area contributed by atoms with Gasteiger partial charge in [0, 0.05) is 18.7 Å². The van der Waals surface area contributed by atoms with Gasteiger partial charge in [-0.2, -0.15) is 0 Å². The highest BCUT2D eigenvalue weighted by atomic mass is 19.1. The highest BCUT2D eigenvalue weighted by molar-refractivity contribution is 5.61. The minimum absolute atomic E-state index is 0.0951. The molecule has 2 heterocycles. The van der Waals surface area contributed by atoms with Crippen LogP contribution in [0.3, 0.4) is 0 Å². The van der Waals surface area contributed by atoms with Crippen molar-refractivity contribution in [1.29, 1.82) is 0 Å². The Morgan fingerprint density at radius 3 is 3.05 bits per heavy atom. The molecule has 1 saturated heterocycles. The molecule has 1 aliphatic heterocycles. The summed E-state index contributed by atoms with van der Waals surface area (Å²) in [6.07, 6.45) is 4.58. The van der Waals surface area contributed by atoms with E-state index in [0.29, 0.717) is 17.9 Å². The van der Waals surface area contributed by atoms with Crippen molar-refractivity contribution in [2.45, 2.75) is 38.3 Å². The number of tetrazole rings is 1. The van der Waals surface area contributed by atoms with E-state index in [1.54, 1.807) is 16.8 Å². The Morgan fingerprint density at radius 2 is 2.29 bits per heavy atom. The van der Waals surface area contributed by atoms with Crippen LogP contribution in [0, 0.1) is 5.82 Å². The second-order valence-corrected chi connectivity index (χ2v) is 5.24. The summed E-state index contributed by atoms with van der Waals surface area (Å²) in [4.78, 5) is 0. The lowest BCUT2D eigenvalue weighted by atomic mass is 10.1. The molecule has 0 amide bonds. The van der Waals surface area contributed by atoms with E-state index in [9.17, 15) is 4.39 Å². The quantitative estimate of drug-likeness (QED) is 0.872. The normalized spacial score (nSPS) is 18.8. The fourth-order valence-electron chi connectivity index (χ4n) is 2.55. The molecule has 6 nitrogen and oxygen atoms in total. The maximum absolute atomic E-state index is 13.2. The Balaban J connectivity index is 1.72. The Labute approximate surface area is 122 Å². The van der Waals surface area contributed by atoms with Crippen LogP contribution >= 0.6 is 0 Å². The van der Waals surface area contributed by atoms with Gasteiger partial charge in [0.15, 0.2) is 5.82 Å². The van der Waals surface area contributed by atoms with Crippen LogP contribution in [0.15, 0.2) is 18.2 Å². The van der Waals surface area contributed by atoms with Crippen LogP contribution in [-0.2, 0) is 11.3 Å². The van der Waals surface area contributed by atoms with E-state index < -0.39 is 5.82 Å². The molecule has 0 spiro atoms. The second-order valence-electron chi connectivity index (χ2n) is 5.24. The van der Waals surface area contributed by atoms with Gasteiger partial charge in [0.2, 0.25) is 0 Å². The van der Waals surface area contributed by atoms with Crippen LogP contribution in [0.2, 0.25) is 0 Å². The van der Waals surface area contributed by atoms with Crippen LogP contribution in [0.25, 0.3) is 11.4 Å². The average Bonchev–Trinajstić information content (AvgIpc) is 2.97. The molecule has 1 aromatic heterocycles. The SMILES string of the molecule is Nc1cc(-c2nnnn2CCC2CCCCO2)ccc1F. The molecule has 1 aromatic carbocycles. The molecule has 2 N–H and O–H groups in total. The number of anilines is 1. The Bertz CT molecular complexity index is 609. The van der Waals surface area contributed by atoms with E-state index in [4.69, 9.17) is 10.5 Å². The number of nitrogen functional groups attached to an aromatic ring is 1. The first kappa shape index (κ1) is 13.9. The van der Waals surface area contributed by atoms with Gasteiger partial charge in [-0.1, -0.05) is 0 Å². The largest absolute Gasteiger partial charge is 0.396 e. The maximum atomic E-state index is 13.2. The first-order valence-electron chi connectivity index (χ1n) is 7.17. The van der Waals surface area contributed by atoms with Gasteiger partial charge in [-0.15, -0.1) is 5.10 Å². The van der Waals surface area contributed by atoms with Crippen molar-refractivity contribution in [3.05, 3.63) is 24.0 Å². The molecule has 112 valence electrons. The number of nitrogens with two attached hydrogens (primary N) is 1. The molecular weight excluding hydrogens is 273 g/mol. The number of halogens is 1. The topological polar surface area (TPSA) is 78.9 Å². The molecule has 1 aliphatic rings. The van der Waals surface area contributed by atoms with Crippen molar-refractivity contribution in [2.24, 2.45) is 0 Å². The van der Waals surface area contributed by atoms with Gasteiger partial charge in [0.1, 0.15) is 5.82 Å². The average molecular weight is 291 g/mol. The predicted octanol–water partition coefficient (Wildman–Crippen LogP) is 2.02. The molecule has 1 fully saturated rings. The lowest BCUT2D eigenvalue weighted by Gasteiger charge is -2.22. The molecular formula is C14H18FN5O. The first-order valence-corrected chi connectivity index (χ1v) is 7.17. The molecule has 7 heteroatoms. The van der Waals surface area contributed by atoms with Gasteiger partial charge >= 0.3 is 0 Å². The van der Waals surface area contributed by atoms with E-state index in [0.717, 1.165) is 25.9 Å². The molecule has 0 saturated carbocycles. The first-order chi connectivity index (χ1) is 10.2. The van der Waals surface area contributed by atoms with Crippen molar-refractivity contribution in [3.63, 3.8) is 0 Å². The molecule has 21 heavy (non-hydrogen) atoms. The third-order valence-electron chi connectivity index (χ3n) is 3.72. The van der Waals surface area contributed by atoms with E-state index in [-0.39, 0.29) is 11.8 Å². The number of nitrogens with zero attached hydrogens (tertiary/aromatic N) is 4. The summed E-state index contributed by atoms with van der Waals surface area (Å²) >= 11 is 0. The third kappa shape index (κ3) is 3.18. The van der Waals surface area contributed by atoms with Crippen molar-refractivity contribution in [1.82, 2.24) is 20.2 Å². The molecule has 0 aliphatic carbocycles. The van der Waals surface area contributed by atoms with Gasteiger partial charge in [-0.25, -0.2) is 9.07 Å². The fraction of sp³-hybridized carbons (Fsp3) is 0.500. The van der Waals surface area contributed by atoms with Crippen LogP contribution in [-0.4, -0.2) is 32.9 Å². The number of aryl methyl sites for hydroxylation is 1. The number of hydrogen-bond acceptors (Lipinski definition) is 5. The minimum atomic E-state index is -0.437. The molecule has 3 rings (SSSR count). The number of aromatic nitrogens is 4. The zero-order chi connectivity index (χ0) is 14.7. The fourth-order valence-corrected chi connectivity index (χ4v) is 2.55. The van der Waals surface area contributed by atoms with Crippen LogP contribution in [0.1, 0.15) is 25.7 Å². The summed E-state index contributed by atoms with van der Waals surface area (Å²) in [5, 5.41) is 11.7. The van der Waals surface area contributed by atoms with Gasteiger partial charge < -0.3 is 10.5 Å². The summed E-state index contributed by atoms with van der Waals surface area (Å²) in [5.41, 5.74) is 6.40. The van der Waals surface area contributed by atoms with Gasteiger partial charge in [-0.3, -0.25) is 0 Å². The Hall–Kier alpha value is -2.02. The zero-order valence-electron chi connectivity index (χ0n) is 11.7. The highest BCUT2D eigenvalue weighted by Gasteiger charge is 2.16. The van der Waals surface area contributed by atoms with E-state index in [1.807, 2.05) is 0 Å². The monoisotopic (exact) mass is 291 g/mol. The van der Waals surface area contributed by atoms with Crippen molar-refractivity contribution in [2.75, 3.05) is 12.3 Å². The standard InChI is InChI=1S/C14H18FN5O/c15-12-5-4-10(9-13(12)16)14-17-18-19-20(14)7-6-11-3-1-2-8-21-11/h4-5,9,11H,1-3,6-8,16H2. The lowest BCUT2D eigenvalue weighted by Crippen LogP contribution is -2.21. The second kappa shape index (κ2) is 6.17. The van der Waals surface area contributed by atoms with Crippen molar-refractivity contribution < 1.29 is 9.13 Å². The summed E-state index contributed by atoms with van der Waals surface area (Å²) in [6.45, 7) is 1.51. The zero-order valence-corrected chi connectivity index (χ0v) is 11.7. The number of benzene rings is 1. The van der Waals surface area contributed by atoms with Crippen molar-refractivity contribution >= 4 is 5.69 Å². The molecule has 0 radical (unpaired) electrons. The summed E-state index contributed by atoms with van der Waals surface area (Å²) in [5.74, 6) is 0.158. The number of hydrogen-bond donors (Lipinski definition) is 1. The van der Waals surface area contributed by atoms with E-state index in [1.165, 1.54) is 12.5 Å². The van der Waals surface area contributed by atoms with Gasteiger partial charge in [-0.05, 0) is 54.3 Å². The van der Waals surface area contributed by atoms with Crippen LogP contribution in [0.5, 0.6) is 0 Å². The van der Waals surface area contributed by atoms with Crippen molar-refractivity contribution in [3.8, 4) is 11.4 Å². The van der Waals surface area contributed by atoms with Gasteiger partial charge in [0.25, 0.3) is 0 Å². The number of ether oxygens (including phenoxy) is 1. The Kier molecular flexibility index (Phi) is 4.10. The molecule has 2 aromatic rings. The van der Waals surface area contributed by atoms with Crippen LogP contribution < -0.4 is 5.73 Å². The summed E-state index contributed by atoms with van der Waals surface area (Å²) in [7, 11) is 0. The summed E-state index contributed by atoms with van der Waals surface area (Å²) < 4.78 is 20.6.